The Morgan fingerprint density at radius 2 is 2.39 bits per heavy atom. The van der Waals surface area contributed by atoms with Gasteiger partial charge in [0.1, 0.15) is 11.1 Å². The van der Waals surface area contributed by atoms with Gasteiger partial charge >= 0.3 is 6.09 Å². The highest BCUT2D eigenvalue weighted by Gasteiger charge is 2.28. The largest absolute Gasteiger partial charge is 0.450 e. The number of aromatic nitrogens is 1. The molecule has 0 aliphatic carbocycles. The Kier molecular flexibility index (Phi) is 7.34. The lowest BCUT2D eigenvalue weighted by Crippen LogP contribution is -2.35. The maximum absolute atomic E-state index is 12.7. The Hall–Kier alpha value is -3.26. The SMILES string of the molecule is CCOC(=O)N1CCc2c(sc(NC(=O)C=Cc3cccnc3C3COCCN3)c2C#N)C1. The minimum Gasteiger partial charge on any atom is -0.450 e. The summed E-state index contributed by atoms with van der Waals surface area (Å²) in [4.78, 5) is 31.7. The van der Waals surface area contributed by atoms with Crippen LogP contribution >= 0.6 is 11.3 Å². The van der Waals surface area contributed by atoms with Gasteiger partial charge in [-0.3, -0.25) is 9.78 Å². The first-order chi connectivity index (χ1) is 16.1. The van der Waals surface area contributed by atoms with Crippen molar-refractivity contribution in [2.75, 3.05) is 38.2 Å². The predicted molar refractivity (Wildman–Crippen MR) is 124 cm³/mol. The van der Waals surface area contributed by atoms with Gasteiger partial charge in [-0.1, -0.05) is 6.07 Å². The lowest BCUT2D eigenvalue weighted by Gasteiger charge is -2.25. The van der Waals surface area contributed by atoms with Crippen LogP contribution in [0, 0.1) is 11.3 Å². The quantitative estimate of drug-likeness (QED) is 0.650. The average molecular weight is 468 g/mol. The highest BCUT2D eigenvalue weighted by Crippen LogP contribution is 2.36. The molecule has 0 bridgehead atoms. The van der Waals surface area contributed by atoms with E-state index in [9.17, 15) is 14.9 Å². The molecule has 2 amide bonds. The molecule has 2 aromatic heterocycles. The number of fused-ring (bicyclic) bond motifs is 1. The molecular formula is C23H25N5O4S. The van der Waals surface area contributed by atoms with Gasteiger partial charge in [-0.15, -0.1) is 11.3 Å². The van der Waals surface area contributed by atoms with E-state index in [1.165, 1.54) is 17.4 Å². The van der Waals surface area contributed by atoms with Crippen molar-refractivity contribution in [3.63, 3.8) is 0 Å². The molecule has 1 fully saturated rings. The van der Waals surface area contributed by atoms with Gasteiger partial charge in [-0.05, 0) is 36.6 Å². The number of nitrogens with zero attached hydrogens (tertiary/aromatic N) is 3. The Balaban J connectivity index is 1.47. The van der Waals surface area contributed by atoms with Crippen molar-refractivity contribution < 1.29 is 19.1 Å². The summed E-state index contributed by atoms with van der Waals surface area (Å²) in [7, 11) is 0. The summed E-state index contributed by atoms with van der Waals surface area (Å²) in [6.07, 6.45) is 5.06. The molecule has 1 unspecified atom stereocenters. The molecule has 2 aromatic rings. The van der Waals surface area contributed by atoms with Crippen molar-refractivity contribution in [1.82, 2.24) is 15.2 Å². The Morgan fingerprint density at radius 3 is 3.15 bits per heavy atom. The molecule has 2 aliphatic heterocycles. The number of carbonyl (C=O) groups excluding carboxylic acids is 2. The summed E-state index contributed by atoms with van der Waals surface area (Å²) in [5.74, 6) is -0.338. The second-order valence-corrected chi connectivity index (χ2v) is 8.68. The topological polar surface area (TPSA) is 117 Å². The van der Waals surface area contributed by atoms with E-state index in [0.29, 0.717) is 49.9 Å². The maximum Gasteiger partial charge on any atom is 0.410 e. The summed E-state index contributed by atoms with van der Waals surface area (Å²) < 4.78 is 10.6. The number of anilines is 1. The van der Waals surface area contributed by atoms with Crippen molar-refractivity contribution in [2.24, 2.45) is 0 Å². The smallest absolute Gasteiger partial charge is 0.410 e. The zero-order valence-corrected chi connectivity index (χ0v) is 19.1. The number of rotatable bonds is 5. The number of nitriles is 1. The Morgan fingerprint density at radius 1 is 1.52 bits per heavy atom. The molecule has 4 heterocycles. The van der Waals surface area contributed by atoms with Crippen LogP contribution < -0.4 is 10.6 Å². The average Bonchev–Trinajstić information content (AvgIpc) is 3.19. The van der Waals surface area contributed by atoms with E-state index >= 15 is 0 Å². The second-order valence-electron chi connectivity index (χ2n) is 7.57. The molecule has 0 radical (unpaired) electrons. The van der Waals surface area contributed by atoms with Crippen LogP contribution in [-0.2, 0) is 27.2 Å². The first kappa shape index (κ1) is 22.9. The summed E-state index contributed by atoms with van der Waals surface area (Å²) in [6.45, 7) is 4.87. The highest BCUT2D eigenvalue weighted by atomic mass is 32.1. The number of thiophene rings is 1. The Labute approximate surface area is 196 Å². The van der Waals surface area contributed by atoms with Gasteiger partial charge in [0.15, 0.2) is 0 Å². The fraction of sp³-hybridized carbons (Fsp3) is 0.391. The number of nitrogens with one attached hydrogen (secondary N) is 2. The molecule has 10 heteroatoms. The molecule has 0 saturated carbocycles. The first-order valence-corrected chi connectivity index (χ1v) is 11.6. The zero-order chi connectivity index (χ0) is 23.2. The van der Waals surface area contributed by atoms with E-state index in [4.69, 9.17) is 9.47 Å². The van der Waals surface area contributed by atoms with Crippen LogP contribution in [0.5, 0.6) is 0 Å². The van der Waals surface area contributed by atoms with Crippen LogP contribution in [0.4, 0.5) is 9.80 Å². The molecule has 0 spiro atoms. The van der Waals surface area contributed by atoms with Crippen LogP contribution in [0.3, 0.4) is 0 Å². The number of hydrogen-bond acceptors (Lipinski definition) is 8. The molecule has 2 aliphatic rings. The lowest BCUT2D eigenvalue weighted by molar-refractivity contribution is -0.111. The molecule has 1 atom stereocenters. The molecular weight excluding hydrogens is 442 g/mol. The third kappa shape index (κ3) is 5.22. The fourth-order valence-corrected chi connectivity index (χ4v) is 5.12. The zero-order valence-electron chi connectivity index (χ0n) is 18.3. The van der Waals surface area contributed by atoms with Crippen molar-refractivity contribution in [3.8, 4) is 6.07 Å². The lowest BCUT2D eigenvalue weighted by atomic mass is 10.0. The number of amides is 2. The fourth-order valence-electron chi connectivity index (χ4n) is 3.90. The number of ether oxygens (including phenoxy) is 2. The molecule has 172 valence electrons. The van der Waals surface area contributed by atoms with Gasteiger partial charge in [0.2, 0.25) is 5.91 Å². The van der Waals surface area contributed by atoms with Crippen molar-refractivity contribution in [3.05, 3.63) is 51.7 Å². The number of hydrogen-bond donors (Lipinski definition) is 2. The normalized spacial score (nSPS) is 17.9. The third-order valence-electron chi connectivity index (χ3n) is 5.47. The van der Waals surface area contributed by atoms with Crippen LogP contribution in [0.1, 0.15) is 40.2 Å². The second kappa shape index (κ2) is 10.6. The maximum atomic E-state index is 12.7. The van der Waals surface area contributed by atoms with Crippen molar-refractivity contribution >= 4 is 34.4 Å². The van der Waals surface area contributed by atoms with Gasteiger partial charge in [-0.25, -0.2) is 4.79 Å². The molecule has 9 nitrogen and oxygen atoms in total. The van der Waals surface area contributed by atoms with E-state index in [2.05, 4.69) is 21.7 Å². The third-order valence-corrected chi connectivity index (χ3v) is 6.60. The number of morpholine rings is 1. The van der Waals surface area contributed by atoms with E-state index in [0.717, 1.165) is 28.2 Å². The molecule has 1 saturated heterocycles. The number of carbonyl (C=O) groups is 2. The molecule has 4 rings (SSSR count). The summed E-state index contributed by atoms with van der Waals surface area (Å²) in [6, 6.07) is 5.90. The summed E-state index contributed by atoms with van der Waals surface area (Å²) in [5, 5.41) is 16.4. The van der Waals surface area contributed by atoms with Gasteiger partial charge < -0.3 is 25.0 Å². The van der Waals surface area contributed by atoms with Gasteiger partial charge in [-0.2, -0.15) is 5.26 Å². The minimum absolute atomic E-state index is 0.0285. The van der Waals surface area contributed by atoms with E-state index in [-0.39, 0.29) is 18.0 Å². The van der Waals surface area contributed by atoms with Gasteiger partial charge in [0.05, 0.1) is 43.7 Å². The summed E-state index contributed by atoms with van der Waals surface area (Å²) in [5.41, 5.74) is 3.00. The highest BCUT2D eigenvalue weighted by molar-refractivity contribution is 7.16. The molecule has 0 aromatic carbocycles. The van der Waals surface area contributed by atoms with Crippen LogP contribution in [0.15, 0.2) is 24.4 Å². The monoisotopic (exact) mass is 467 g/mol. The Bertz CT molecular complexity index is 1100. The van der Waals surface area contributed by atoms with Crippen molar-refractivity contribution in [2.45, 2.75) is 25.9 Å². The van der Waals surface area contributed by atoms with E-state index in [1.807, 2.05) is 12.1 Å². The van der Waals surface area contributed by atoms with Gasteiger partial charge in [0.25, 0.3) is 0 Å². The summed E-state index contributed by atoms with van der Waals surface area (Å²) >= 11 is 1.32. The van der Waals surface area contributed by atoms with Gasteiger partial charge in [0, 0.05) is 30.2 Å². The van der Waals surface area contributed by atoms with Crippen LogP contribution in [0.25, 0.3) is 6.08 Å². The minimum atomic E-state index is -0.367. The molecule has 2 N–H and O–H groups in total. The first-order valence-electron chi connectivity index (χ1n) is 10.8. The van der Waals surface area contributed by atoms with Crippen LogP contribution in [0.2, 0.25) is 0 Å². The van der Waals surface area contributed by atoms with Crippen molar-refractivity contribution in [1.29, 1.82) is 5.26 Å². The number of pyridine rings is 1. The standard InChI is InChI=1S/C23H25N5O4S/c1-2-32-23(30)28-10-7-16-17(12-24)22(33-19(16)13-28)27-20(29)6-5-15-4-3-8-26-21(15)18-14-31-11-9-25-18/h3-6,8,18,25H,2,7,9-11,13-14H2,1H3,(H,27,29). The van der Waals surface area contributed by atoms with E-state index in [1.54, 1.807) is 24.1 Å². The van der Waals surface area contributed by atoms with Crippen LogP contribution in [-0.4, -0.2) is 54.8 Å². The van der Waals surface area contributed by atoms with E-state index < -0.39 is 0 Å². The molecule has 33 heavy (non-hydrogen) atoms. The predicted octanol–water partition coefficient (Wildman–Crippen LogP) is 2.84.